The molecule has 0 unspecified atom stereocenters. The fourth-order valence-electron chi connectivity index (χ4n) is 1.94. The van der Waals surface area contributed by atoms with E-state index >= 15 is 0 Å². The summed E-state index contributed by atoms with van der Waals surface area (Å²) in [5.74, 6) is 0.518. The molecule has 2 aromatic carbocycles. The maximum Gasteiger partial charge on any atom is 0.262 e. The SMILES string of the molecule is CCNC(=O)COc1ccccc1NC(=O)COc1ccccc1. The molecule has 126 valence electrons. The van der Waals surface area contributed by atoms with Crippen LogP contribution in [0, 0.1) is 0 Å². The Morgan fingerprint density at radius 3 is 2.29 bits per heavy atom. The van der Waals surface area contributed by atoms with Gasteiger partial charge < -0.3 is 20.1 Å². The van der Waals surface area contributed by atoms with Gasteiger partial charge in [0.15, 0.2) is 13.2 Å². The topological polar surface area (TPSA) is 76.7 Å². The maximum atomic E-state index is 12.0. The van der Waals surface area contributed by atoms with E-state index in [0.717, 1.165) is 0 Å². The van der Waals surface area contributed by atoms with Crippen LogP contribution in [0.15, 0.2) is 54.6 Å². The highest BCUT2D eigenvalue weighted by Crippen LogP contribution is 2.23. The number of likely N-dealkylation sites (N-methyl/N-ethyl adjacent to an activating group) is 1. The highest BCUT2D eigenvalue weighted by atomic mass is 16.5. The second-order valence-corrected chi connectivity index (χ2v) is 4.89. The lowest BCUT2D eigenvalue weighted by Gasteiger charge is -2.12. The monoisotopic (exact) mass is 328 g/mol. The van der Waals surface area contributed by atoms with E-state index in [9.17, 15) is 9.59 Å². The van der Waals surface area contributed by atoms with Crippen molar-refractivity contribution >= 4 is 17.5 Å². The van der Waals surface area contributed by atoms with Gasteiger partial charge in [-0.3, -0.25) is 9.59 Å². The van der Waals surface area contributed by atoms with E-state index in [-0.39, 0.29) is 25.0 Å². The summed E-state index contributed by atoms with van der Waals surface area (Å²) >= 11 is 0. The van der Waals surface area contributed by atoms with Gasteiger partial charge in [0.25, 0.3) is 11.8 Å². The molecule has 6 heteroatoms. The summed E-state index contributed by atoms with van der Waals surface area (Å²) in [7, 11) is 0. The van der Waals surface area contributed by atoms with Crippen molar-refractivity contribution in [3.63, 3.8) is 0 Å². The third-order valence-corrected chi connectivity index (χ3v) is 3.01. The van der Waals surface area contributed by atoms with Crippen molar-refractivity contribution in [2.45, 2.75) is 6.92 Å². The van der Waals surface area contributed by atoms with Gasteiger partial charge in [0.2, 0.25) is 0 Å². The first kappa shape index (κ1) is 17.3. The molecule has 0 fully saturated rings. The van der Waals surface area contributed by atoms with Gasteiger partial charge in [-0.2, -0.15) is 0 Å². The fourth-order valence-corrected chi connectivity index (χ4v) is 1.94. The van der Waals surface area contributed by atoms with Gasteiger partial charge in [0.1, 0.15) is 11.5 Å². The smallest absolute Gasteiger partial charge is 0.262 e. The largest absolute Gasteiger partial charge is 0.484 e. The van der Waals surface area contributed by atoms with Gasteiger partial charge in [-0.05, 0) is 31.2 Å². The Morgan fingerprint density at radius 1 is 0.875 bits per heavy atom. The van der Waals surface area contributed by atoms with Crippen LogP contribution in [0.3, 0.4) is 0 Å². The van der Waals surface area contributed by atoms with Crippen molar-refractivity contribution in [1.29, 1.82) is 0 Å². The van der Waals surface area contributed by atoms with Crippen LogP contribution in [0.2, 0.25) is 0 Å². The van der Waals surface area contributed by atoms with Crippen LogP contribution in [0.25, 0.3) is 0 Å². The molecule has 2 rings (SSSR count). The van der Waals surface area contributed by atoms with Crippen LogP contribution in [-0.2, 0) is 9.59 Å². The summed E-state index contributed by atoms with van der Waals surface area (Å²) in [6.07, 6.45) is 0. The molecular formula is C18H20N2O4. The molecule has 2 amide bonds. The Morgan fingerprint density at radius 2 is 1.54 bits per heavy atom. The molecule has 0 saturated carbocycles. The minimum absolute atomic E-state index is 0.110. The number of ether oxygens (including phenoxy) is 2. The quantitative estimate of drug-likeness (QED) is 0.779. The predicted octanol–water partition coefficient (Wildman–Crippen LogP) is 2.22. The Balaban J connectivity index is 1.89. The van der Waals surface area contributed by atoms with Crippen LogP contribution in [0.1, 0.15) is 6.92 Å². The molecule has 0 spiro atoms. The van der Waals surface area contributed by atoms with Crippen molar-refractivity contribution in [3.05, 3.63) is 54.6 Å². The molecule has 0 saturated heterocycles. The van der Waals surface area contributed by atoms with E-state index in [1.165, 1.54) is 0 Å². The predicted molar refractivity (Wildman–Crippen MR) is 91.2 cm³/mol. The molecule has 2 N–H and O–H groups in total. The van der Waals surface area contributed by atoms with Crippen molar-refractivity contribution in [1.82, 2.24) is 5.32 Å². The standard InChI is InChI=1S/C18H20N2O4/c1-2-19-17(21)12-24-16-11-7-6-10-15(16)20-18(22)13-23-14-8-4-3-5-9-14/h3-11H,2,12-13H2,1H3,(H,19,21)(H,20,22). The summed E-state index contributed by atoms with van der Waals surface area (Å²) in [5.41, 5.74) is 0.489. The van der Waals surface area contributed by atoms with Gasteiger partial charge in [0.05, 0.1) is 5.69 Å². The normalized spacial score (nSPS) is 9.88. The van der Waals surface area contributed by atoms with E-state index in [1.807, 2.05) is 25.1 Å². The second kappa shape index (κ2) is 9.19. The molecule has 0 heterocycles. The minimum Gasteiger partial charge on any atom is -0.484 e. The second-order valence-electron chi connectivity index (χ2n) is 4.89. The van der Waals surface area contributed by atoms with Crippen LogP contribution >= 0.6 is 0 Å². The number of para-hydroxylation sites is 3. The molecule has 0 aliphatic rings. The zero-order valence-electron chi connectivity index (χ0n) is 13.5. The third-order valence-electron chi connectivity index (χ3n) is 3.01. The zero-order valence-corrected chi connectivity index (χ0v) is 13.5. The molecule has 24 heavy (non-hydrogen) atoms. The van der Waals surface area contributed by atoms with Crippen molar-refractivity contribution in [3.8, 4) is 11.5 Å². The Bertz CT molecular complexity index is 674. The van der Waals surface area contributed by atoms with Crippen molar-refractivity contribution < 1.29 is 19.1 Å². The number of hydrogen-bond acceptors (Lipinski definition) is 4. The number of amides is 2. The number of carbonyl (C=O) groups is 2. The van der Waals surface area contributed by atoms with Gasteiger partial charge >= 0.3 is 0 Å². The summed E-state index contributed by atoms with van der Waals surface area (Å²) in [5, 5.41) is 5.36. The van der Waals surface area contributed by atoms with Crippen molar-refractivity contribution in [2.75, 3.05) is 25.1 Å². The van der Waals surface area contributed by atoms with Crippen molar-refractivity contribution in [2.24, 2.45) is 0 Å². The fraction of sp³-hybridized carbons (Fsp3) is 0.222. The summed E-state index contributed by atoms with van der Waals surface area (Å²) < 4.78 is 10.8. The lowest BCUT2D eigenvalue weighted by atomic mass is 10.3. The molecule has 0 radical (unpaired) electrons. The van der Waals surface area contributed by atoms with E-state index in [0.29, 0.717) is 23.7 Å². The van der Waals surface area contributed by atoms with Crippen LogP contribution in [-0.4, -0.2) is 31.6 Å². The first-order valence-corrected chi connectivity index (χ1v) is 7.65. The molecule has 0 atom stereocenters. The van der Waals surface area contributed by atoms with Crippen LogP contribution in [0.5, 0.6) is 11.5 Å². The van der Waals surface area contributed by atoms with Crippen LogP contribution < -0.4 is 20.1 Å². The lowest BCUT2D eigenvalue weighted by Crippen LogP contribution is -2.28. The Labute approximate surface area is 140 Å². The molecule has 0 aliphatic carbocycles. The number of anilines is 1. The first-order chi connectivity index (χ1) is 11.7. The third kappa shape index (κ3) is 5.64. The van der Waals surface area contributed by atoms with Gasteiger partial charge in [-0.1, -0.05) is 30.3 Å². The van der Waals surface area contributed by atoms with Crippen LogP contribution in [0.4, 0.5) is 5.69 Å². The molecule has 2 aromatic rings. The first-order valence-electron chi connectivity index (χ1n) is 7.65. The molecule has 0 aromatic heterocycles. The van der Waals surface area contributed by atoms with Gasteiger partial charge in [-0.25, -0.2) is 0 Å². The molecule has 0 bridgehead atoms. The van der Waals surface area contributed by atoms with E-state index in [1.54, 1.807) is 36.4 Å². The average molecular weight is 328 g/mol. The number of nitrogens with one attached hydrogen (secondary N) is 2. The summed E-state index contributed by atoms with van der Waals surface area (Å²) in [4.78, 5) is 23.5. The van der Waals surface area contributed by atoms with Gasteiger partial charge in [0, 0.05) is 6.54 Å². The number of carbonyl (C=O) groups excluding carboxylic acids is 2. The van der Waals surface area contributed by atoms with E-state index in [2.05, 4.69) is 10.6 Å². The zero-order chi connectivity index (χ0) is 17.2. The van der Waals surface area contributed by atoms with E-state index in [4.69, 9.17) is 9.47 Å². The number of hydrogen-bond donors (Lipinski definition) is 2. The Kier molecular flexibility index (Phi) is 6.64. The average Bonchev–Trinajstić information content (AvgIpc) is 2.60. The van der Waals surface area contributed by atoms with E-state index < -0.39 is 0 Å². The molecular weight excluding hydrogens is 308 g/mol. The maximum absolute atomic E-state index is 12.0. The summed E-state index contributed by atoms with van der Waals surface area (Å²) in [6, 6.07) is 16.0. The Hall–Kier alpha value is -3.02. The molecule has 0 aliphatic heterocycles. The highest BCUT2D eigenvalue weighted by molar-refractivity contribution is 5.93. The minimum atomic E-state index is -0.312. The highest BCUT2D eigenvalue weighted by Gasteiger charge is 2.09. The lowest BCUT2D eigenvalue weighted by molar-refractivity contribution is -0.123. The van der Waals surface area contributed by atoms with Gasteiger partial charge in [-0.15, -0.1) is 0 Å². The number of benzene rings is 2. The molecule has 6 nitrogen and oxygen atoms in total. The summed E-state index contributed by atoms with van der Waals surface area (Å²) in [6.45, 7) is 2.14. The number of rotatable bonds is 8.